The molecule has 1 aromatic rings. The van der Waals surface area contributed by atoms with Crippen LogP contribution in [0.3, 0.4) is 0 Å². The van der Waals surface area contributed by atoms with Gasteiger partial charge in [-0.15, -0.1) is 12.6 Å². The van der Waals surface area contributed by atoms with Crippen molar-refractivity contribution in [2.24, 2.45) is 0 Å². The van der Waals surface area contributed by atoms with Crippen LogP contribution in [0, 0.1) is 5.82 Å². The van der Waals surface area contributed by atoms with Gasteiger partial charge >= 0.3 is 6.18 Å². The number of thiol groups is 1. The molecule has 0 spiro atoms. The molecule has 6 heteroatoms. The summed E-state index contributed by atoms with van der Waals surface area (Å²) in [6, 6.07) is 1.17. The number of benzene rings is 1. The van der Waals surface area contributed by atoms with Crippen LogP contribution in [-0.2, 0) is 6.18 Å². The van der Waals surface area contributed by atoms with Crippen molar-refractivity contribution < 1.29 is 17.6 Å². The molecule has 0 aliphatic rings. The summed E-state index contributed by atoms with van der Waals surface area (Å²) in [7, 11) is 0. The molecule has 1 rings (SSSR count). The Morgan fingerprint density at radius 1 is 1.23 bits per heavy atom. The maximum absolute atomic E-state index is 12.6. The van der Waals surface area contributed by atoms with Crippen LogP contribution in [0.1, 0.15) is 5.56 Å². The van der Waals surface area contributed by atoms with Crippen molar-refractivity contribution in [2.45, 2.75) is 11.1 Å². The molecule has 0 atom stereocenters. The normalized spacial score (nSPS) is 11.8. The van der Waals surface area contributed by atoms with E-state index in [0.29, 0.717) is 12.1 Å². The molecule has 72 valence electrons. The van der Waals surface area contributed by atoms with Gasteiger partial charge in [-0.1, -0.05) is 0 Å². The van der Waals surface area contributed by atoms with Crippen molar-refractivity contribution in [2.75, 3.05) is 5.73 Å². The van der Waals surface area contributed by atoms with Gasteiger partial charge in [0.05, 0.1) is 5.56 Å². The third-order valence-electron chi connectivity index (χ3n) is 1.42. The smallest absolute Gasteiger partial charge is 0.398 e. The van der Waals surface area contributed by atoms with Gasteiger partial charge in [-0.25, -0.2) is 4.39 Å². The van der Waals surface area contributed by atoms with Crippen LogP contribution >= 0.6 is 12.6 Å². The molecule has 0 aliphatic carbocycles. The fraction of sp³-hybridized carbons (Fsp3) is 0.143. The van der Waals surface area contributed by atoms with Gasteiger partial charge in [0.1, 0.15) is 5.82 Å². The highest BCUT2D eigenvalue weighted by Crippen LogP contribution is 2.35. The van der Waals surface area contributed by atoms with Crippen molar-refractivity contribution in [1.29, 1.82) is 0 Å². The Kier molecular flexibility index (Phi) is 2.42. The van der Waals surface area contributed by atoms with Crippen LogP contribution in [0.2, 0.25) is 0 Å². The van der Waals surface area contributed by atoms with Crippen LogP contribution in [0.25, 0.3) is 0 Å². The van der Waals surface area contributed by atoms with E-state index in [1.165, 1.54) is 0 Å². The van der Waals surface area contributed by atoms with Crippen molar-refractivity contribution >= 4 is 18.3 Å². The summed E-state index contributed by atoms with van der Waals surface area (Å²) < 4.78 is 49.0. The van der Waals surface area contributed by atoms with Crippen molar-refractivity contribution in [1.82, 2.24) is 0 Å². The maximum Gasteiger partial charge on any atom is 0.418 e. The van der Waals surface area contributed by atoms with E-state index in [0.717, 1.165) is 0 Å². The standard InChI is InChI=1S/C7H5F4NS/c8-4-2-5(12)3(1-6(4)13)7(9,10)11/h1-2,13H,12H2. The lowest BCUT2D eigenvalue weighted by Crippen LogP contribution is -2.09. The highest BCUT2D eigenvalue weighted by Gasteiger charge is 2.33. The van der Waals surface area contributed by atoms with E-state index in [4.69, 9.17) is 5.73 Å². The molecule has 1 nitrogen and oxygen atoms in total. The Morgan fingerprint density at radius 2 is 1.77 bits per heavy atom. The molecule has 0 amide bonds. The predicted molar refractivity (Wildman–Crippen MR) is 43.1 cm³/mol. The maximum atomic E-state index is 12.6. The monoisotopic (exact) mass is 211 g/mol. The molecule has 0 saturated carbocycles. The molecule has 2 N–H and O–H groups in total. The molecule has 0 aromatic heterocycles. The topological polar surface area (TPSA) is 26.0 Å². The summed E-state index contributed by atoms with van der Waals surface area (Å²) in [6.45, 7) is 0. The molecule has 0 unspecified atom stereocenters. The van der Waals surface area contributed by atoms with E-state index in [-0.39, 0.29) is 4.90 Å². The van der Waals surface area contributed by atoms with Gasteiger partial charge in [0.15, 0.2) is 0 Å². The molecule has 0 bridgehead atoms. The summed E-state index contributed by atoms with van der Waals surface area (Å²) in [5, 5.41) is 0. The summed E-state index contributed by atoms with van der Waals surface area (Å²) in [6.07, 6.45) is -4.57. The number of rotatable bonds is 0. The number of halogens is 4. The first-order valence-electron chi connectivity index (χ1n) is 3.17. The highest BCUT2D eigenvalue weighted by atomic mass is 32.1. The largest absolute Gasteiger partial charge is 0.418 e. The van der Waals surface area contributed by atoms with Crippen LogP contribution < -0.4 is 5.73 Å². The number of nitrogen functional groups attached to an aromatic ring is 1. The lowest BCUT2D eigenvalue weighted by atomic mass is 10.1. The molecule has 1 aromatic carbocycles. The minimum absolute atomic E-state index is 0.374. The van der Waals surface area contributed by atoms with Crippen molar-refractivity contribution in [3.8, 4) is 0 Å². The number of nitrogens with two attached hydrogens (primary N) is 1. The van der Waals surface area contributed by atoms with Crippen LogP contribution in [0.15, 0.2) is 17.0 Å². The summed E-state index contributed by atoms with van der Waals surface area (Å²) in [5.74, 6) is -0.867. The first-order valence-corrected chi connectivity index (χ1v) is 3.62. The summed E-state index contributed by atoms with van der Waals surface area (Å²) in [4.78, 5) is -0.374. The van der Waals surface area contributed by atoms with Gasteiger partial charge in [-0.3, -0.25) is 0 Å². The SMILES string of the molecule is Nc1cc(F)c(S)cc1C(F)(F)F. The molecular formula is C7H5F4NS. The second-order valence-electron chi connectivity index (χ2n) is 2.39. The Bertz CT molecular complexity index is 334. The number of anilines is 1. The average molecular weight is 211 g/mol. The van der Waals surface area contributed by atoms with Crippen molar-refractivity contribution in [3.63, 3.8) is 0 Å². The Morgan fingerprint density at radius 3 is 2.23 bits per heavy atom. The van der Waals surface area contributed by atoms with Crippen LogP contribution in [-0.4, -0.2) is 0 Å². The zero-order valence-corrected chi connectivity index (χ0v) is 7.09. The summed E-state index contributed by atoms with van der Waals surface area (Å²) in [5.41, 5.74) is 3.28. The third-order valence-corrected chi connectivity index (χ3v) is 1.77. The second kappa shape index (κ2) is 3.10. The third kappa shape index (κ3) is 2.06. The molecular weight excluding hydrogens is 206 g/mol. The fourth-order valence-corrected chi connectivity index (χ4v) is 1.02. The lowest BCUT2D eigenvalue weighted by molar-refractivity contribution is -0.137. The Balaban J connectivity index is 3.32. The van der Waals surface area contributed by atoms with Gasteiger partial charge < -0.3 is 5.73 Å². The van der Waals surface area contributed by atoms with Gasteiger partial charge in [0.2, 0.25) is 0 Å². The van der Waals surface area contributed by atoms with Gasteiger partial charge in [0.25, 0.3) is 0 Å². The Hall–Kier alpha value is -0.910. The average Bonchev–Trinajstić information content (AvgIpc) is 1.94. The van der Waals surface area contributed by atoms with Crippen molar-refractivity contribution in [3.05, 3.63) is 23.5 Å². The quantitative estimate of drug-likeness (QED) is 0.385. The molecule has 13 heavy (non-hydrogen) atoms. The Labute approximate surface area is 77.0 Å². The van der Waals surface area contributed by atoms with E-state index in [9.17, 15) is 17.6 Å². The van der Waals surface area contributed by atoms with Gasteiger partial charge in [0, 0.05) is 10.6 Å². The zero-order valence-electron chi connectivity index (χ0n) is 6.19. The van der Waals surface area contributed by atoms with E-state index >= 15 is 0 Å². The predicted octanol–water partition coefficient (Wildman–Crippen LogP) is 2.72. The first-order chi connectivity index (χ1) is 5.82. The number of hydrogen-bond acceptors (Lipinski definition) is 2. The van der Waals surface area contributed by atoms with E-state index < -0.39 is 23.2 Å². The molecule has 0 heterocycles. The molecule has 0 aliphatic heterocycles. The lowest BCUT2D eigenvalue weighted by Gasteiger charge is -2.10. The fourth-order valence-electron chi connectivity index (χ4n) is 0.823. The number of alkyl halides is 3. The zero-order chi connectivity index (χ0) is 10.2. The molecule has 0 saturated heterocycles. The van der Waals surface area contributed by atoms with Gasteiger partial charge in [-0.2, -0.15) is 13.2 Å². The summed E-state index contributed by atoms with van der Waals surface area (Å²) >= 11 is 3.52. The minimum atomic E-state index is -4.57. The minimum Gasteiger partial charge on any atom is -0.398 e. The van der Waals surface area contributed by atoms with Crippen LogP contribution in [0.5, 0.6) is 0 Å². The van der Waals surface area contributed by atoms with E-state index in [2.05, 4.69) is 12.6 Å². The van der Waals surface area contributed by atoms with E-state index in [1.807, 2.05) is 0 Å². The van der Waals surface area contributed by atoms with Crippen LogP contribution in [0.4, 0.5) is 23.2 Å². The van der Waals surface area contributed by atoms with E-state index in [1.54, 1.807) is 0 Å². The highest BCUT2D eigenvalue weighted by molar-refractivity contribution is 7.80. The number of hydrogen-bond donors (Lipinski definition) is 2. The van der Waals surface area contributed by atoms with Gasteiger partial charge in [-0.05, 0) is 12.1 Å². The molecule has 0 radical (unpaired) electrons. The first kappa shape index (κ1) is 10.2. The second-order valence-corrected chi connectivity index (χ2v) is 2.87. The molecule has 0 fully saturated rings.